The number of hydrogen-bond acceptors (Lipinski definition) is 3. The number of benzene rings is 2. The van der Waals surface area contributed by atoms with Crippen molar-refractivity contribution >= 4 is 5.69 Å². The lowest BCUT2D eigenvalue weighted by atomic mass is 10.0. The second-order valence-electron chi connectivity index (χ2n) is 4.83. The largest absolute Gasteiger partial charge is 0.508 e. The van der Waals surface area contributed by atoms with Crippen LogP contribution in [0, 0.1) is 13.8 Å². The standard InChI is InChI=1S/C16H19NO2/c1-10-8-9-14(11(2)16(10)19)17-12(3)13-6-4-5-7-15(13)18/h4-9,12,17-19H,1-3H3. The summed E-state index contributed by atoms with van der Waals surface area (Å²) in [6, 6.07) is 11.0. The highest BCUT2D eigenvalue weighted by Crippen LogP contribution is 2.32. The molecule has 3 N–H and O–H groups in total. The minimum atomic E-state index is -0.0398. The molecule has 0 amide bonds. The van der Waals surface area contributed by atoms with E-state index in [1.807, 2.05) is 45.0 Å². The lowest BCUT2D eigenvalue weighted by Gasteiger charge is -2.19. The Morgan fingerprint density at radius 1 is 1.00 bits per heavy atom. The molecular weight excluding hydrogens is 238 g/mol. The smallest absolute Gasteiger partial charge is 0.123 e. The number of hydrogen-bond donors (Lipinski definition) is 3. The van der Waals surface area contributed by atoms with Gasteiger partial charge >= 0.3 is 0 Å². The maximum atomic E-state index is 9.94. The Hall–Kier alpha value is -2.16. The molecule has 0 bridgehead atoms. The van der Waals surface area contributed by atoms with Gasteiger partial charge in [0.15, 0.2) is 0 Å². The van der Waals surface area contributed by atoms with Gasteiger partial charge in [0.2, 0.25) is 0 Å². The molecule has 0 aromatic heterocycles. The van der Waals surface area contributed by atoms with Crippen molar-refractivity contribution in [2.24, 2.45) is 0 Å². The third-order valence-electron chi connectivity index (χ3n) is 3.41. The van der Waals surface area contributed by atoms with Crippen molar-refractivity contribution in [3.05, 3.63) is 53.1 Å². The van der Waals surface area contributed by atoms with Crippen LogP contribution < -0.4 is 5.32 Å². The predicted molar refractivity (Wildman–Crippen MR) is 77.7 cm³/mol. The van der Waals surface area contributed by atoms with Crippen LogP contribution in [0.1, 0.15) is 29.7 Å². The molecule has 2 aromatic carbocycles. The van der Waals surface area contributed by atoms with E-state index >= 15 is 0 Å². The maximum absolute atomic E-state index is 9.94. The molecule has 0 fully saturated rings. The first-order chi connectivity index (χ1) is 9.00. The van der Waals surface area contributed by atoms with Crippen molar-refractivity contribution in [2.75, 3.05) is 5.32 Å². The summed E-state index contributed by atoms with van der Waals surface area (Å²) in [5, 5.41) is 23.1. The molecule has 0 heterocycles. The minimum Gasteiger partial charge on any atom is -0.508 e. The average Bonchev–Trinajstić information content (AvgIpc) is 2.40. The molecule has 0 spiro atoms. The Balaban J connectivity index is 2.27. The number of para-hydroxylation sites is 1. The summed E-state index contributed by atoms with van der Waals surface area (Å²) in [6.07, 6.45) is 0. The van der Waals surface area contributed by atoms with Crippen molar-refractivity contribution in [3.63, 3.8) is 0 Å². The zero-order valence-electron chi connectivity index (χ0n) is 11.4. The van der Waals surface area contributed by atoms with Crippen LogP contribution in [0.2, 0.25) is 0 Å². The van der Waals surface area contributed by atoms with Crippen LogP contribution in [0.4, 0.5) is 5.69 Å². The molecule has 0 aliphatic heterocycles. The highest BCUT2D eigenvalue weighted by molar-refractivity contribution is 5.60. The molecule has 0 aliphatic rings. The molecule has 100 valence electrons. The van der Waals surface area contributed by atoms with E-state index in [9.17, 15) is 10.2 Å². The molecule has 1 unspecified atom stereocenters. The van der Waals surface area contributed by atoms with Gasteiger partial charge in [-0.25, -0.2) is 0 Å². The summed E-state index contributed by atoms with van der Waals surface area (Å²) in [7, 11) is 0. The fourth-order valence-electron chi connectivity index (χ4n) is 2.16. The van der Waals surface area contributed by atoms with E-state index < -0.39 is 0 Å². The van der Waals surface area contributed by atoms with E-state index in [-0.39, 0.29) is 11.8 Å². The number of rotatable bonds is 3. The highest BCUT2D eigenvalue weighted by Gasteiger charge is 2.12. The highest BCUT2D eigenvalue weighted by atomic mass is 16.3. The van der Waals surface area contributed by atoms with Gasteiger partial charge in [-0.1, -0.05) is 24.3 Å². The molecule has 0 saturated carbocycles. The van der Waals surface area contributed by atoms with Gasteiger partial charge < -0.3 is 15.5 Å². The molecule has 2 rings (SSSR count). The average molecular weight is 257 g/mol. The molecule has 3 nitrogen and oxygen atoms in total. The Kier molecular flexibility index (Phi) is 3.65. The number of phenolic OH excluding ortho intramolecular Hbond substituents is 2. The van der Waals surface area contributed by atoms with Gasteiger partial charge in [0.05, 0.1) is 6.04 Å². The topological polar surface area (TPSA) is 52.5 Å². The van der Waals surface area contributed by atoms with E-state index in [1.165, 1.54) is 0 Å². The van der Waals surface area contributed by atoms with Crippen molar-refractivity contribution in [3.8, 4) is 11.5 Å². The van der Waals surface area contributed by atoms with Crippen LogP contribution in [-0.2, 0) is 0 Å². The molecule has 19 heavy (non-hydrogen) atoms. The monoisotopic (exact) mass is 257 g/mol. The predicted octanol–water partition coefficient (Wildman–Crippen LogP) is 3.89. The van der Waals surface area contributed by atoms with Crippen LogP contribution in [0.25, 0.3) is 0 Å². The van der Waals surface area contributed by atoms with Crippen LogP contribution in [0.3, 0.4) is 0 Å². The summed E-state index contributed by atoms with van der Waals surface area (Å²) in [5.41, 5.74) is 3.39. The lowest BCUT2D eigenvalue weighted by Crippen LogP contribution is -2.08. The molecule has 0 radical (unpaired) electrons. The fourth-order valence-corrected chi connectivity index (χ4v) is 2.16. The Labute approximate surface area is 113 Å². The van der Waals surface area contributed by atoms with Gasteiger partial charge in [-0.05, 0) is 38.5 Å². The van der Waals surface area contributed by atoms with Crippen LogP contribution in [0.5, 0.6) is 11.5 Å². The van der Waals surface area contributed by atoms with E-state index in [4.69, 9.17) is 0 Å². The van der Waals surface area contributed by atoms with Crippen LogP contribution in [0.15, 0.2) is 36.4 Å². The lowest BCUT2D eigenvalue weighted by molar-refractivity contribution is 0.465. The Morgan fingerprint density at radius 2 is 1.68 bits per heavy atom. The molecular formula is C16H19NO2. The first-order valence-corrected chi connectivity index (χ1v) is 6.34. The zero-order valence-corrected chi connectivity index (χ0v) is 11.4. The van der Waals surface area contributed by atoms with Crippen molar-refractivity contribution in [1.82, 2.24) is 0 Å². The van der Waals surface area contributed by atoms with Crippen molar-refractivity contribution < 1.29 is 10.2 Å². The van der Waals surface area contributed by atoms with E-state index in [0.717, 1.165) is 22.4 Å². The molecule has 0 aliphatic carbocycles. The third-order valence-corrected chi connectivity index (χ3v) is 3.41. The second-order valence-corrected chi connectivity index (χ2v) is 4.83. The van der Waals surface area contributed by atoms with Crippen LogP contribution >= 0.6 is 0 Å². The van der Waals surface area contributed by atoms with E-state index in [1.54, 1.807) is 12.1 Å². The summed E-state index contributed by atoms with van der Waals surface area (Å²) in [5.74, 6) is 0.589. The minimum absolute atomic E-state index is 0.0398. The van der Waals surface area contributed by atoms with Gasteiger partial charge in [-0.2, -0.15) is 0 Å². The molecule has 0 saturated heterocycles. The van der Waals surface area contributed by atoms with Gasteiger partial charge in [-0.3, -0.25) is 0 Å². The summed E-state index contributed by atoms with van der Waals surface area (Å²) >= 11 is 0. The summed E-state index contributed by atoms with van der Waals surface area (Å²) < 4.78 is 0. The number of anilines is 1. The summed E-state index contributed by atoms with van der Waals surface area (Å²) in [6.45, 7) is 5.73. The van der Waals surface area contributed by atoms with Gasteiger partial charge in [0, 0.05) is 16.8 Å². The molecule has 3 heteroatoms. The molecule has 1 atom stereocenters. The normalized spacial score (nSPS) is 12.2. The SMILES string of the molecule is Cc1ccc(NC(C)c2ccccc2O)c(C)c1O. The van der Waals surface area contributed by atoms with Gasteiger partial charge in [0.1, 0.15) is 11.5 Å². The van der Waals surface area contributed by atoms with Crippen LogP contribution in [-0.4, -0.2) is 10.2 Å². The first-order valence-electron chi connectivity index (χ1n) is 6.34. The Bertz CT molecular complexity index is 593. The number of phenols is 2. The number of nitrogens with one attached hydrogen (secondary N) is 1. The Morgan fingerprint density at radius 3 is 2.37 bits per heavy atom. The van der Waals surface area contributed by atoms with Gasteiger partial charge in [0.25, 0.3) is 0 Å². The van der Waals surface area contributed by atoms with Crippen molar-refractivity contribution in [1.29, 1.82) is 0 Å². The maximum Gasteiger partial charge on any atom is 0.123 e. The first kappa shape index (κ1) is 13.3. The van der Waals surface area contributed by atoms with Crippen molar-refractivity contribution in [2.45, 2.75) is 26.8 Å². The van der Waals surface area contributed by atoms with E-state index in [0.29, 0.717) is 5.75 Å². The fraction of sp³-hybridized carbons (Fsp3) is 0.250. The van der Waals surface area contributed by atoms with Gasteiger partial charge in [-0.15, -0.1) is 0 Å². The third kappa shape index (κ3) is 2.65. The number of aryl methyl sites for hydroxylation is 1. The second kappa shape index (κ2) is 5.22. The summed E-state index contributed by atoms with van der Waals surface area (Å²) in [4.78, 5) is 0. The number of aromatic hydroxyl groups is 2. The van der Waals surface area contributed by atoms with E-state index in [2.05, 4.69) is 5.32 Å². The zero-order chi connectivity index (χ0) is 14.0. The molecule has 2 aromatic rings. The quantitative estimate of drug-likeness (QED) is 0.782.